The molecule has 0 bridgehead atoms. The highest BCUT2D eigenvalue weighted by Crippen LogP contribution is 2.55. The summed E-state index contributed by atoms with van der Waals surface area (Å²) < 4.78 is 11.1. The molecule has 120 valence electrons. The van der Waals surface area contributed by atoms with Gasteiger partial charge in [-0.1, -0.05) is 18.0 Å². The minimum atomic E-state index is -0.119. The Kier molecular flexibility index (Phi) is 3.64. The molecule has 1 saturated heterocycles. The molecule has 1 aromatic heterocycles. The SMILES string of the molecule is Cc1noc([C@@H]2CC[C@H](CNC(=O)C3C4CCCCC43)O2)n1. The van der Waals surface area contributed by atoms with Gasteiger partial charge in [0, 0.05) is 12.5 Å². The predicted octanol–water partition coefficient (Wildman–Crippen LogP) is 2.15. The van der Waals surface area contributed by atoms with Crippen molar-refractivity contribution in [2.24, 2.45) is 17.8 Å². The zero-order valence-corrected chi connectivity index (χ0v) is 13.0. The molecule has 6 nitrogen and oxygen atoms in total. The summed E-state index contributed by atoms with van der Waals surface area (Å²) in [5, 5.41) is 6.89. The van der Waals surface area contributed by atoms with Crippen LogP contribution in [0.5, 0.6) is 0 Å². The normalized spacial score (nSPS) is 36.9. The third-order valence-corrected chi connectivity index (χ3v) is 5.39. The van der Waals surface area contributed by atoms with Gasteiger partial charge in [0.15, 0.2) is 5.82 Å². The Balaban J connectivity index is 1.24. The second-order valence-electron chi connectivity index (χ2n) is 6.89. The van der Waals surface area contributed by atoms with Crippen molar-refractivity contribution in [2.45, 2.75) is 57.7 Å². The zero-order chi connectivity index (χ0) is 15.1. The Morgan fingerprint density at radius 2 is 2.00 bits per heavy atom. The highest BCUT2D eigenvalue weighted by atomic mass is 16.5. The van der Waals surface area contributed by atoms with Gasteiger partial charge in [0.05, 0.1) is 6.10 Å². The van der Waals surface area contributed by atoms with Gasteiger partial charge in [0.1, 0.15) is 6.10 Å². The number of hydrogen-bond donors (Lipinski definition) is 1. The molecular weight excluding hydrogens is 282 g/mol. The molecular formula is C16H23N3O3. The van der Waals surface area contributed by atoms with Gasteiger partial charge in [-0.2, -0.15) is 4.98 Å². The van der Waals surface area contributed by atoms with Crippen molar-refractivity contribution >= 4 is 5.91 Å². The maximum atomic E-state index is 12.3. The van der Waals surface area contributed by atoms with Gasteiger partial charge in [-0.25, -0.2) is 0 Å². The average molecular weight is 305 g/mol. The van der Waals surface area contributed by atoms with E-state index in [1.165, 1.54) is 25.7 Å². The van der Waals surface area contributed by atoms with Gasteiger partial charge >= 0.3 is 0 Å². The number of fused-ring (bicyclic) bond motifs is 1. The molecule has 3 aliphatic rings. The number of carbonyl (C=O) groups is 1. The van der Waals surface area contributed by atoms with E-state index in [4.69, 9.17) is 9.26 Å². The second kappa shape index (κ2) is 5.65. The molecule has 0 aromatic carbocycles. The molecule has 4 atom stereocenters. The highest BCUT2D eigenvalue weighted by Gasteiger charge is 2.54. The molecule has 1 N–H and O–H groups in total. The summed E-state index contributed by atoms with van der Waals surface area (Å²) in [6.07, 6.45) is 6.79. The van der Waals surface area contributed by atoms with Crippen LogP contribution in [0.15, 0.2) is 4.52 Å². The first-order chi connectivity index (χ1) is 10.7. The molecule has 1 aromatic rings. The fourth-order valence-electron chi connectivity index (χ4n) is 4.19. The topological polar surface area (TPSA) is 77.2 Å². The van der Waals surface area contributed by atoms with E-state index in [9.17, 15) is 4.79 Å². The Bertz CT molecular complexity index is 547. The fourth-order valence-corrected chi connectivity index (χ4v) is 4.19. The lowest BCUT2D eigenvalue weighted by Crippen LogP contribution is -2.33. The number of rotatable bonds is 4. The minimum Gasteiger partial charge on any atom is -0.363 e. The van der Waals surface area contributed by atoms with Crippen LogP contribution >= 0.6 is 0 Å². The number of ether oxygens (including phenoxy) is 1. The minimum absolute atomic E-state index is 0.0573. The molecule has 1 amide bonds. The van der Waals surface area contributed by atoms with Crippen LogP contribution in [0, 0.1) is 24.7 Å². The average Bonchev–Trinajstić information content (AvgIpc) is 2.83. The van der Waals surface area contributed by atoms with E-state index < -0.39 is 0 Å². The van der Waals surface area contributed by atoms with E-state index in [1.807, 2.05) is 0 Å². The van der Waals surface area contributed by atoms with Gasteiger partial charge in [0.25, 0.3) is 5.89 Å². The third kappa shape index (κ3) is 2.64. The molecule has 4 rings (SSSR count). The van der Waals surface area contributed by atoms with Crippen LogP contribution < -0.4 is 5.32 Å². The highest BCUT2D eigenvalue weighted by molar-refractivity contribution is 5.82. The number of aryl methyl sites for hydroxylation is 1. The Morgan fingerprint density at radius 1 is 1.23 bits per heavy atom. The van der Waals surface area contributed by atoms with Crippen LogP contribution in [0.2, 0.25) is 0 Å². The molecule has 0 radical (unpaired) electrons. The van der Waals surface area contributed by atoms with Gasteiger partial charge in [0.2, 0.25) is 5.91 Å². The van der Waals surface area contributed by atoms with Crippen LogP contribution in [0.4, 0.5) is 0 Å². The van der Waals surface area contributed by atoms with Crippen LogP contribution in [-0.2, 0) is 9.53 Å². The third-order valence-electron chi connectivity index (χ3n) is 5.39. The fraction of sp³-hybridized carbons (Fsp3) is 0.812. The lowest BCUT2D eigenvalue weighted by atomic mass is 10.0. The van der Waals surface area contributed by atoms with E-state index in [0.717, 1.165) is 12.8 Å². The summed E-state index contributed by atoms with van der Waals surface area (Å²) in [5.41, 5.74) is 0. The summed E-state index contributed by atoms with van der Waals surface area (Å²) in [4.78, 5) is 16.5. The number of aromatic nitrogens is 2. The number of carbonyl (C=O) groups excluding carboxylic acids is 1. The van der Waals surface area contributed by atoms with Crippen molar-refractivity contribution in [1.29, 1.82) is 0 Å². The molecule has 2 heterocycles. The van der Waals surface area contributed by atoms with Crippen molar-refractivity contribution < 1.29 is 14.1 Å². The van der Waals surface area contributed by atoms with E-state index in [0.29, 0.717) is 30.1 Å². The summed E-state index contributed by atoms with van der Waals surface area (Å²) >= 11 is 0. The van der Waals surface area contributed by atoms with Gasteiger partial charge in [-0.05, 0) is 44.4 Å². The molecule has 1 aliphatic heterocycles. The monoisotopic (exact) mass is 305 g/mol. The molecule has 2 saturated carbocycles. The Labute approximate surface area is 130 Å². The van der Waals surface area contributed by atoms with Crippen LogP contribution in [0.1, 0.15) is 56.3 Å². The first-order valence-electron chi connectivity index (χ1n) is 8.46. The molecule has 2 aliphatic carbocycles. The Morgan fingerprint density at radius 3 is 2.68 bits per heavy atom. The zero-order valence-electron chi connectivity index (χ0n) is 13.0. The lowest BCUT2D eigenvalue weighted by molar-refractivity contribution is -0.123. The summed E-state index contributed by atoms with van der Waals surface area (Å²) in [6, 6.07) is 0. The second-order valence-corrected chi connectivity index (χ2v) is 6.89. The van der Waals surface area contributed by atoms with Crippen molar-refractivity contribution in [3.63, 3.8) is 0 Å². The summed E-state index contributed by atoms with van der Waals surface area (Å²) in [5.74, 6) is 3.02. The first kappa shape index (κ1) is 14.2. The largest absolute Gasteiger partial charge is 0.363 e. The number of hydrogen-bond acceptors (Lipinski definition) is 5. The lowest BCUT2D eigenvalue weighted by Gasteiger charge is -2.12. The van der Waals surface area contributed by atoms with Crippen molar-refractivity contribution in [1.82, 2.24) is 15.5 Å². The van der Waals surface area contributed by atoms with Crippen molar-refractivity contribution in [2.75, 3.05) is 6.54 Å². The molecule has 2 unspecified atom stereocenters. The van der Waals surface area contributed by atoms with Gasteiger partial charge in [-0.3, -0.25) is 4.79 Å². The van der Waals surface area contributed by atoms with E-state index >= 15 is 0 Å². The number of amides is 1. The van der Waals surface area contributed by atoms with Gasteiger partial charge in [-0.15, -0.1) is 0 Å². The van der Waals surface area contributed by atoms with Crippen LogP contribution in [-0.4, -0.2) is 28.7 Å². The summed E-state index contributed by atoms with van der Waals surface area (Å²) in [7, 11) is 0. The van der Waals surface area contributed by atoms with Gasteiger partial charge < -0.3 is 14.6 Å². The van der Waals surface area contributed by atoms with E-state index in [1.54, 1.807) is 6.92 Å². The molecule has 0 spiro atoms. The maximum absolute atomic E-state index is 12.3. The Hall–Kier alpha value is -1.43. The maximum Gasteiger partial charge on any atom is 0.255 e. The smallest absolute Gasteiger partial charge is 0.255 e. The number of nitrogens with one attached hydrogen (secondary N) is 1. The number of nitrogens with zero attached hydrogens (tertiary/aromatic N) is 2. The van der Waals surface area contributed by atoms with Crippen molar-refractivity contribution in [3.05, 3.63) is 11.7 Å². The molecule has 6 heteroatoms. The molecule has 3 fully saturated rings. The first-order valence-corrected chi connectivity index (χ1v) is 8.46. The standard InChI is InChI=1S/C16H23N3O3/c1-9-18-16(22-19-9)13-7-6-10(21-13)8-17-15(20)14-11-4-2-3-5-12(11)14/h10-14H,2-8H2,1H3,(H,17,20)/t10-,11?,12?,13+,14?/m1/s1. The predicted molar refractivity (Wildman–Crippen MR) is 77.8 cm³/mol. The van der Waals surface area contributed by atoms with Crippen LogP contribution in [0.25, 0.3) is 0 Å². The van der Waals surface area contributed by atoms with Crippen molar-refractivity contribution in [3.8, 4) is 0 Å². The summed E-state index contributed by atoms with van der Waals surface area (Å²) in [6.45, 7) is 2.40. The quantitative estimate of drug-likeness (QED) is 0.922. The van der Waals surface area contributed by atoms with Crippen LogP contribution in [0.3, 0.4) is 0 Å². The molecule has 22 heavy (non-hydrogen) atoms. The van der Waals surface area contributed by atoms with E-state index in [2.05, 4.69) is 15.5 Å². The van der Waals surface area contributed by atoms with E-state index in [-0.39, 0.29) is 24.0 Å².